The fourth-order valence-electron chi connectivity index (χ4n) is 1.89. The van der Waals surface area contributed by atoms with Crippen LogP contribution in [-0.4, -0.2) is 9.97 Å². The summed E-state index contributed by atoms with van der Waals surface area (Å²) in [5, 5.41) is 5.27. The van der Waals surface area contributed by atoms with Crippen molar-refractivity contribution in [3.05, 3.63) is 59.5 Å². The number of aromatic nitrogens is 2. The van der Waals surface area contributed by atoms with Gasteiger partial charge in [0.25, 0.3) is 6.43 Å². The molecule has 0 aliphatic heterocycles. The first-order valence-corrected chi connectivity index (χ1v) is 7.22. The minimum atomic E-state index is -2.86. The van der Waals surface area contributed by atoms with Crippen LogP contribution in [0.25, 0.3) is 11.3 Å². The molecule has 22 heavy (non-hydrogen) atoms. The number of nitrogens with one attached hydrogen (secondary N) is 1. The van der Waals surface area contributed by atoms with E-state index in [1.807, 2.05) is 11.4 Å². The predicted octanol–water partition coefficient (Wildman–Crippen LogP) is 5.03. The highest BCUT2D eigenvalue weighted by molar-refractivity contribution is 7.14. The maximum Gasteiger partial charge on any atom is 0.266 e. The van der Waals surface area contributed by atoms with Gasteiger partial charge in [-0.05, 0) is 30.3 Å². The van der Waals surface area contributed by atoms with Gasteiger partial charge in [-0.2, -0.15) is 0 Å². The second kappa shape index (κ2) is 6.15. The molecule has 0 radical (unpaired) electrons. The third-order valence-electron chi connectivity index (χ3n) is 2.94. The normalized spacial score (nSPS) is 10.9. The fourth-order valence-corrected chi connectivity index (χ4v) is 2.63. The van der Waals surface area contributed by atoms with Gasteiger partial charge in [0.05, 0.1) is 11.3 Å². The van der Waals surface area contributed by atoms with Crippen molar-refractivity contribution in [1.82, 2.24) is 9.97 Å². The summed E-state index contributed by atoms with van der Waals surface area (Å²) in [6, 6.07) is 7.17. The SMILES string of the molecule is Fc1ccc(Nc2nc(-c3cccnc3)cs2)cc1C(F)F. The molecule has 0 bridgehead atoms. The summed E-state index contributed by atoms with van der Waals surface area (Å²) in [6.45, 7) is 0. The number of benzene rings is 1. The van der Waals surface area contributed by atoms with Gasteiger partial charge in [0.15, 0.2) is 5.13 Å². The van der Waals surface area contributed by atoms with Crippen LogP contribution in [0.4, 0.5) is 24.0 Å². The van der Waals surface area contributed by atoms with Gasteiger partial charge >= 0.3 is 0 Å². The lowest BCUT2D eigenvalue weighted by Crippen LogP contribution is -1.95. The highest BCUT2D eigenvalue weighted by Gasteiger charge is 2.14. The molecule has 0 atom stereocenters. The van der Waals surface area contributed by atoms with E-state index < -0.39 is 17.8 Å². The zero-order valence-electron chi connectivity index (χ0n) is 11.1. The molecule has 2 aromatic heterocycles. The fraction of sp³-hybridized carbons (Fsp3) is 0.0667. The summed E-state index contributed by atoms with van der Waals surface area (Å²) < 4.78 is 38.6. The van der Waals surface area contributed by atoms with Gasteiger partial charge in [-0.15, -0.1) is 11.3 Å². The molecule has 7 heteroatoms. The number of anilines is 2. The standard InChI is InChI=1S/C15H10F3N3S/c16-12-4-3-10(6-11(12)14(17)18)20-15-21-13(8-22-15)9-2-1-5-19-7-9/h1-8,14H,(H,20,21). The van der Waals surface area contributed by atoms with E-state index in [1.165, 1.54) is 17.4 Å². The maximum absolute atomic E-state index is 13.3. The first kappa shape index (κ1) is 14.5. The van der Waals surface area contributed by atoms with Crippen molar-refractivity contribution in [2.45, 2.75) is 6.43 Å². The van der Waals surface area contributed by atoms with Gasteiger partial charge in [0.1, 0.15) is 5.82 Å². The lowest BCUT2D eigenvalue weighted by molar-refractivity contribution is 0.146. The summed E-state index contributed by atoms with van der Waals surface area (Å²) >= 11 is 1.33. The van der Waals surface area contributed by atoms with Crippen LogP contribution in [-0.2, 0) is 0 Å². The Morgan fingerprint density at radius 3 is 2.77 bits per heavy atom. The van der Waals surface area contributed by atoms with E-state index in [-0.39, 0.29) is 0 Å². The van der Waals surface area contributed by atoms with Gasteiger partial charge in [-0.1, -0.05) is 0 Å². The molecule has 0 fully saturated rings. The van der Waals surface area contributed by atoms with E-state index in [0.717, 1.165) is 23.4 Å². The molecule has 2 heterocycles. The van der Waals surface area contributed by atoms with Crippen LogP contribution in [0.1, 0.15) is 12.0 Å². The van der Waals surface area contributed by atoms with Crippen molar-refractivity contribution in [3.8, 4) is 11.3 Å². The number of rotatable bonds is 4. The molecule has 3 rings (SSSR count). The molecule has 112 valence electrons. The molecule has 1 aromatic carbocycles. The van der Waals surface area contributed by atoms with Crippen molar-refractivity contribution in [3.63, 3.8) is 0 Å². The summed E-state index contributed by atoms with van der Waals surface area (Å²) in [5.74, 6) is -0.921. The Morgan fingerprint density at radius 1 is 1.18 bits per heavy atom. The highest BCUT2D eigenvalue weighted by Crippen LogP contribution is 2.29. The van der Waals surface area contributed by atoms with Crippen LogP contribution in [0.15, 0.2) is 48.1 Å². The molecular weight excluding hydrogens is 311 g/mol. The number of nitrogens with zero attached hydrogens (tertiary/aromatic N) is 2. The number of pyridine rings is 1. The minimum Gasteiger partial charge on any atom is -0.332 e. The van der Waals surface area contributed by atoms with Crippen LogP contribution in [0.2, 0.25) is 0 Å². The number of hydrogen-bond acceptors (Lipinski definition) is 4. The predicted molar refractivity (Wildman–Crippen MR) is 80.0 cm³/mol. The maximum atomic E-state index is 13.3. The van der Waals surface area contributed by atoms with Crippen molar-refractivity contribution in [1.29, 1.82) is 0 Å². The van der Waals surface area contributed by atoms with Crippen LogP contribution >= 0.6 is 11.3 Å². The van der Waals surface area contributed by atoms with E-state index in [0.29, 0.717) is 10.8 Å². The van der Waals surface area contributed by atoms with Crippen molar-refractivity contribution in [2.24, 2.45) is 0 Å². The molecular formula is C15H10F3N3S. The smallest absolute Gasteiger partial charge is 0.266 e. The zero-order valence-corrected chi connectivity index (χ0v) is 11.9. The summed E-state index contributed by atoms with van der Waals surface area (Å²) in [7, 11) is 0. The molecule has 0 saturated heterocycles. The second-order valence-corrected chi connectivity index (χ2v) is 5.30. The Morgan fingerprint density at radius 2 is 2.05 bits per heavy atom. The Bertz CT molecular complexity index is 775. The zero-order chi connectivity index (χ0) is 15.5. The van der Waals surface area contributed by atoms with Crippen LogP contribution in [0, 0.1) is 5.82 Å². The van der Waals surface area contributed by atoms with Gasteiger partial charge in [-0.3, -0.25) is 4.98 Å². The number of alkyl halides is 2. The molecule has 0 saturated carbocycles. The Labute approximate surface area is 128 Å². The second-order valence-electron chi connectivity index (χ2n) is 4.44. The molecule has 0 amide bonds. The van der Waals surface area contributed by atoms with Gasteiger partial charge in [0.2, 0.25) is 0 Å². The first-order valence-electron chi connectivity index (χ1n) is 6.34. The molecule has 0 unspecified atom stereocenters. The summed E-state index contributed by atoms with van der Waals surface area (Å²) in [6.07, 6.45) is 0.495. The lowest BCUT2D eigenvalue weighted by Gasteiger charge is -2.06. The molecule has 3 aromatic rings. The van der Waals surface area contributed by atoms with E-state index in [9.17, 15) is 13.2 Å². The molecule has 3 nitrogen and oxygen atoms in total. The van der Waals surface area contributed by atoms with E-state index >= 15 is 0 Å². The molecule has 0 aliphatic carbocycles. The van der Waals surface area contributed by atoms with Crippen molar-refractivity contribution >= 4 is 22.2 Å². The topological polar surface area (TPSA) is 37.8 Å². The molecule has 1 N–H and O–H groups in total. The monoisotopic (exact) mass is 321 g/mol. The molecule has 0 aliphatic rings. The summed E-state index contributed by atoms with van der Waals surface area (Å²) in [5.41, 5.74) is 1.33. The Balaban J connectivity index is 1.83. The largest absolute Gasteiger partial charge is 0.332 e. The van der Waals surface area contributed by atoms with Gasteiger partial charge in [0, 0.05) is 29.0 Å². The molecule has 0 spiro atoms. The van der Waals surface area contributed by atoms with E-state index in [1.54, 1.807) is 18.5 Å². The quantitative estimate of drug-likeness (QED) is 0.733. The Kier molecular flexibility index (Phi) is 4.06. The van der Waals surface area contributed by atoms with E-state index in [4.69, 9.17) is 0 Å². The van der Waals surface area contributed by atoms with Crippen LogP contribution < -0.4 is 5.32 Å². The van der Waals surface area contributed by atoms with Crippen molar-refractivity contribution < 1.29 is 13.2 Å². The van der Waals surface area contributed by atoms with Crippen molar-refractivity contribution in [2.75, 3.05) is 5.32 Å². The number of thiazole rings is 1. The average Bonchev–Trinajstić information content (AvgIpc) is 2.98. The van der Waals surface area contributed by atoms with Crippen LogP contribution in [0.3, 0.4) is 0 Å². The highest BCUT2D eigenvalue weighted by atomic mass is 32.1. The number of halogens is 3. The number of hydrogen-bond donors (Lipinski definition) is 1. The minimum absolute atomic E-state index is 0.365. The summed E-state index contributed by atoms with van der Waals surface area (Å²) in [4.78, 5) is 8.37. The third-order valence-corrected chi connectivity index (χ3v) is 3.70. The Hall–Kier alpha value is -2.41. The van der Waals surface area contributed by atoms with Crippen LogP contribution in [0.5, 0.6) is 0 Å². The third kappa shape index (κ3) is 3.09. The first-order chi connectivity index (χ1) is 10.6. The van der Waals surface area contributed by atoms with Gasteiger partial charge < -0.3 is 5.32 Å². The van der Waals surface area contributed by atoms with Gasteiger partial charge in [-0.25, -0.2) is 18.2 Å². The lowest BCUT2D eigenvalue weighted by atomic mass is 10.2. The van der Waals surface area contributed by atoms with E-state index in [2.05, 4.69) is 15.3 Å². The average molecular weight is 321 g/mol.